The Morgan fingerprint density at radius 3 is 2.93 bits per heavy atom. The minimum Gasteiger partial charge on any atom is -0.385 e. The summed E-state index contributed by atoms with van der Waals surface area (Å²) in [7, 11) is 1.75. The lowest BCUT2D eigenvalue weighted by Crippen LogP contribution is -2.18. The van der Waals surface area contributed by atoms with E-state index in [4.69, 9.17) is 4.74 Å². The Kier molecular flexibility index (Phi) is 11.1. The van der Waals surface area contributed by atoms with Gasteiger partial charge in [0.2, 0.25) is 0 Å². The zero-order chi connectivity index (χ0) is 10.6. The van der Waals surface area contributed by atoms with Crippen LogP contribution in [0, 0.1) is 0 Å². The lowest BCUT2D eigenvalue weighted by Gasteiger charge is -2.06. The van der Waals surface area contributed by atoms with Crippen LogP contribution in [0.1, 0.15) is 19.8 Å². The van der Waals surface area contributed by atoms with E-state index in [0.717, 1.165) is 31.9 Å². The number of thioether (sulfide) groups is 1. The fraction of sp³-hybridized carbons (Fsp3) is 0.818. The molecule has 0 aliphatic carbocycles. The van der Waals surface area contributed by atoms with Crippen molar-refractivity contribution >= 4 is 11.8 Å². The molecule has 0 aliphatic heterocycles. The molecule has 0 amide bonds. The Bertz CT molecular complexity index is 139. The normalized spacial score (nSPS) is 10.4. The van der Waals surface area contributed by atoms with Crippen molar-refractivity contribution in [2.24, 2.45) is 0 Å². The quantitative estimate of drug-likeness (QED) is 0.448. The Balaban J connectivity index is 3.10. The summed E-state index contributed by atoms with van der Waals surface area (Å²) in [6.07, 6.45) is 2.32. The highest BCUT2D eigenvalue weighted by molar-refractivity contribution is 7.99. The molecular weight excluding hydrogens is 194 g/mol. The van der Waals surface area contributed by atoms with Crippen molar-refractivity contribution in [1.29, 1.82) is 0 Å². The molecule has 0 radical (unpaired) electrons. The number of nitrogens with one attached hydrogen (secondary N) is 1. The molecule has 0 saturated heterocycles. The van der Waals surface area contributed by atoms with Crippen LogP contribution in [-0.2, 0) is 4.74 Å². The van der Waals surface area contributed by atoms with Crippen LogP contribution in [0.15, 0.2) is 12.2 Å². The van der Waals surface area contributed by atoms with Crippen LogP contribution in [0.5, 0.6) is 0 Å². The second-order valence-corrected chi connectivity index (χ2v) is 4.43. The molecule has 0 rings (SSSR count). The Labute approximate surface area is 92.5 Å². The van der Waals surface area contributed by atoms with Crippen molar-refractivity contribution in [3.63, 3.8) is 0 Å². The van der Waals surface area contributed by atoms with Crippen LogP contribution in [-0.4, -0.2) is 38.3 Å². The van der Waals surface area contributed by atoms with E-state index in [-0.39, 0.29) is 0 Å². The third-order valence-corrected chi connectivity index (χ3v) is 2.93. The summed E-state index contributed by atoms with van der Waals surface area (Å²) < 4.78 is 4.98. The fourth-order valence-corrected chi connectivity index (χ4v) is 1.87. The van der Waals surface area contributed by atoms with Gasteiger partial charge in [-0.25, -0.2) is 0 Å². The SMILES string of the molecule is C=C(CNCCC)CSCCCOC. The van der Waals surface area contributed by atoms with Gasteiger partial charge in [0.1, 0.15) is 0 Å². The highest BCUT2D eigenvalue weighted by Crippen LogP contribution is 2.07. The summed E-state index contributed by atoms with van der Waals surface area (Å²) in [5.41, 5.74) is 1.29. The topological polar surface area (TPSA) is 21.3 Å². The highest BCUT2D eigenvalue weighted by atomic mass is 32.2. The maximum atomic E-state index is 4.98. The molecule has 2 nitrogen and oxygen atoms in total. The van der Waals surface area contributed by atoms with Crippen molar-refractivity contribution < 1.29 is 4.74 Å². The zero-order valence-electron chi connectivity index (χ0n) is 9.47. The summed E-state index contributed by atoms with van der Waals surface area (Å²) in [6.45, 7) is 9.13. The molecule has 0 aromatic heterocycles. The van der Waals surface area contributed by atoms with Crippen molar-refractivity contribution in [2.75, 3.05) is 38.3 Å². The van der Waals surface area contributed by atoms with Crippen LogP contribution >= 0.6 is 11.8 Å². The van der Waals surface area contributed by atoms with E-state index >= 15 is 0 Å². The third kappa shape index (κ3) is 10.1. The molecule has 0 unspecified atom stereocenters. The molecule has 3 heteroatoms. The smallest absolute Gasteiger partial charge is 0.0470 e. The highest BCUT2D eigenvalue weighted by Gasteiger charge is 1.94. The first-order valence-corrected chi connectivity index (χ1v) is 6.40. The van der Waals surface area contributed by atoms with Crippen molar-refractivity contribution in [3.8, 4) is 0 Å². The van der Waals surface area contributed by atoms with Gasteiger partial charge < -0.3 is 10.1 Å². The second-order valence-electron chi connectivity index (χ2n) is 3.33. The van der Waals surface area contributed by atoms with Crippen LogP contribution in [0.2, 0.25) is 0 Å². The molecule has 0 bridgehead atoms. The van der Waals surface area contributed by atoms with Gasteiger partial charge in [0, 0.05) is 26.0 Å². The Morgan fingerprint density at radius 2 is 2.29 bits per heavy atom. The van der Waals surface area contributed by atoms with Gasteiger partial charge >= 0.3 is 0 Å². The van der Waals surface area contributed by atoms with Gasteiger partial charge in [-0.2, -0.15) is 11.8 Å². The van der Waals surface area contributed by atoms with Gasteiger partial charge in [0.05, 0.1) is 0 Å². The van der Waals surface area contributed by atoms with Gasteiger partial charge in [-0.3, -0.25) is 0 Å². The monoisotopic (exact) mass is 217 g/mol. The van der Waals surface area contributed by atoms with Gasteiger partial charge in [-0.1, -0.05) is 19.1 Å². The number of hydrogen-bond donors (Lipinski definition) is 1. The predicted octanol–water partition coefficient (Wildman–Crippen LogP) is 2.31. The molecule has 1 N–H and O–H groups in total. The number of rotatable bonds is 10. The lowest BCUT2D eigenvalue weighted by atomic mass is 10.3. The molecule has 0 heterocycles. The van der Waals surface area contributed by atoms with E-state index in [1.807, 2.05) is 11.8 Å². The molecule has 0 aromatic carbocycles. The van der Waals surface area contributed by atoms with Gasteiger partial charge in [0.25, 0.3) is 0 Å². The molecule has 0 atom stereocenters. The van der Waals surface area contributed by atoms with E-state index < -0.39 is 0 Å². The van der Waals surface area contributed by atoms with Gasteiger partial charge in [-0.05, 0) is 25.1 Å². The standard InChI is InChI=1S/C11H23NOS/c1-4-6-12-9-11(2)10-14-8-5-7-13-3/h12H,2,4-10H2,1,3H3. The average Bonchev–Trinajstić information content (AvgIpc) is 2.18. The predicted molar refractivity (Wildman–Crippen MR) is 66.1 cm³/mol. The molecular formula is C11H23NOS. The van der Waals surface area contributed by atoms with Crippen LogP contribution in [0.25, 0.3) is 0 Å². The van der Waals surface area contributed by atoms with Crippen molar-refractivity contribution in [3.05, 3.63) is 12.2 Å². The average molecular weight is 217 g/mol. The Morgan fingerprint density at radius 1 is 1.50 bits per heavy atom. The molecule has 0 aliphatic rings. The summed E-state index contributed by atoms with van der Waals surface area (Å²) >= 11 is 1.94. The zero-order valence-corrected chi connectivity index (χ0v) is 10.3. The first-order valence-electron chi connectivity index (χ1n) is 5.25. The van der Waals surface area contributed by atoms with Crippen LogP contribution in [0.3, 0.4) is 0 Å². The largest absolute Gasteiger partial charge is 0.385 e. The maximum Gasteiger partial charge on any atom is 0.0470 e. The molecule has 0 spiro atoms. The van der Waals surface area contributed by atoms with E-state index in [1.54, 1.807) is 7.11 Å². The minimum atomic E-state index is 0.869. The van der Waals surface area contributed by atoms with E-state index in [0.29, 0.717) is 0 Å². The summed E-state index contributed by atoms with van der Waals surface area (Å²) in [4.78, 5) is 0. The lowest BCUT2D eigenvalue weighted by molar-refractivity contribution is 0.200. The second kappa shape index (κ2) is 11.1. The fourth-order valence-electron chi connectivity index (χ4n) is 1.01. The summed E-state index contributed by atoms with van der Waals surface area (Å²) in [5.74, 6) is 2.24. The maximum absolute atomic E-state index is 4.98. The first kappa shape index (κ1) is 14.0. The van der Waals surface area contributed by atoms with Crippen molar-refractivity contribution in [2.45, 2.75) is 19.8 Å². The van der Waals surface area contributed by atoms with Gasteiger partial charge in [-0.15, -0.1) is 0 Å². The molecule has 0 fully saturated rings. The number of ether oxygens (including phenoxy) is 1. The van der Waals surface area contributed by atoms with Crippen molar-refractivity contribution in [1.82, 2.24) is 5.32 Å². The summed E-state index contributed by atoms with van der Waals surface area (Å²) in [6, 6.07) is 0. The van der Waals surface area contributed by atoms with E-state index in [1.165, 1.54) is 17.7 Å². The summed E-state index contributed by atoms with van der Waals surface area (Å²) in [5, 5.41) is 3.35. The van der Waals surface area contributed by atoms with Gasteiger partial charge in [0.15, 0.2) is 0 Å². The van der Waals surface area contributed by atoms with E-state index in [2.05, 4.69) is 18.8 Å². The first-order chi connectivity index (χ1) is 6.81. The third-order valence-electron chi connectivity index (χ3n) is 1.75. The van der Waals surface area contributed by atoms with E-state index in [9.17, 15) is 0 Å². The number of methoxy groups -OCH3 is 1. The van der Waals surface area contributed by atoms with Crippen LogP contribution in [0.4, 0.5) is 0 Å². The minimum absolute atomic E-state index is 0.869. The number of hydrogen-bond acceptors (Lipinski definition) is 3. The molecule has 14 heavy (non-hydrogen) atoms. The molecule has 0 aromatic rings. The molecule has 84 valence electrons. The van der Waals surface area contributed by atoms with Crippen LogP contribution < -0.4 is 5.32 Å². The Hall–Kier alpha value is 0.01000. The molecule has 0 saturated carbocycles.